The van der Waals surface area contributed by atoms with Gasteiger partial charge in [-0.05, 0) is 6.07 Å². The molecule has 0 aliphatic carbocycles. The summed E-state index contributed by atoms with van der Waals surface area (Å²) in [7, 11) is 0. The van der Waals surface area contributed by atoms with Crippen LogP contribution in [0.2, 0.25) is 0 Å². The van der Waals surface area contributed by atoms with Crippen LogP contribution in [0.25, 0.3) is 0 Å². The van der Waals surface area contributed by atoms with E-state index in [-0.39, 0.29) is 0 Å². The van der Waals surface area contributed by atoms with Crippen LogP contribution in [0.15, 0.2) is 34.2 Å². The third-order valence-corrected chi connectivity index (χ3v) is 3.02. The first kappa shape index (κ1) is 7.87. The summed E-state index contributed by atoms with van der Waals surface area (Å²) in [6, 6.07) is 8.41. The molecule has 1 aliphatic rings. The molecule has 1 aliphatic heterocycles. The van der Waals surface area contributed by atoms with Crippen LogP contribution in [0, 0.1) is 0 Å². The van der Waals surface area contributed by atoms with E-state index < -0.39 is 0 Å². The van der Waals surface area contributed by atoms with E-state index in [9.17, 15) is 0 Å². The maximum Gasteiger partial charge on any atom is 0.0509 e. The summed E-state index contributed by atoms with van der Waals surface area (Å²) in [6.07, 6.45) is 1.98. The van der Waals surface area contributed by atoms with Gasteiger partial charge in [0.1, 0.15) is 0 Å². The highest BCUT2D eigenvalue weighted by molar-refractivity contribution is 8.00. The molecule has 1 aromatic rings. The van der Waals surface area contributed by atoms with Gasteiger partial charge >= 0.3 is 0 Å². The zero-order chi connectivity index (χ0) is 8.39. The van der Waals surface area contributed by atoms with Gasteiger partial charge in [0.05, 0.1) is 6.54 Å². The van der Waals surface area contributed by atoms with Crippen molar-refractivity contribution in [3.05, 3.63) is 29.8 Å². The van der Waals surface area contributed by atoms with E-state index in [4.69, 9.17) is 0 Å². The van der Waals surface area contributed by atoms with Crippen molar-refractivity contribution < 1.29 is 0 Å². The van der Waals surface area contributed by atoms with Gasteiger partial charge in [0.15, 0.2) is 0 Å². The molecule has 2 rings (SSSR count). The Morgan fingerprint density at radius 2 is 2.25 bits per heavy atom. The molecule has 1 heterocycles. The summed E-state index contributed by atoms with van der Waals surface area (Å²) >= 11 is 1.91. The second-order valence-electron chi connectivity index (χ2n) is 2.96. The predicted molar refractivity (Wildman–Crippen MR) is 54.2 cm³/mol. The number of hydrogen-bond donors (Lipinski definition) is 0. The Morgan fingerprint density at radius 1 is 1.42 bits per heavy atom. The molecule has 0 N–H and O–H groups in total. The van der Waals surface area contributed by atoms with Crippen LogP contribution in [0.1, 0.15) is 12.5 Å². The molecule has 0 amide bonds. The summed E-state index contributed by atoms with van der Waals surface area (Å²) in [5, 5.41) is 0.602. The van der Waals surface area contributed by atoms with Crippen molar-refractivity contribution in [3.63, 3.8) is 0 Å². The largest absolute Gasteiger partial charge is 0.291 e. The van der Waals surface area contributed by atoms with Gasteiger partial charge in [-0.1, -0.05) is 25.1 Å². The monoisotopic (exact) mass is 177 g/mol. The van der Waals surface area contributed by atoms with E-state index in [2.05, 4.69) is 36.2 Å². The molecule has 1 unspecified atom stereocenters. The van der Waals surface area contributed by atoms with E-state index in [1.54, 1.807) is 0 Å². The lowest BCUT2D eigenvalue weighted by Crippen LogP contribution is -1.97. The summed E-state index contributed by atoms with van der Waals surface area (Å²) in [5.74, 6) is 0. The molecule has 0 saturated carbocycles. The normalized spacial score (nSPS) is 21.6. The standard InChI is InChI=1S/C10H11NS/c1-8-6-11-7-9-4-2-3-5-10(9)12-8/h2-5,7-8H,6H2,1H3. The lowest BCUT2D eigenvalue weighted by Gasteiger charge is -2.05. The van der Waals surface area contributed by atoms with Crippen LogP contribution >= 0.6 is 11.8 Å². The molecule has 2 heteroatoms. The fourth-order valence-corrected chi connectivity index (χ4v) is 2.26. The molecule has 0 saturated heterocycles. The van der Waals surface area contributed by atoms with Gasteiger partial charge in [-0.15, -0.1) is 11.8 Å². The smallest absolute Gasteiger partial charge is 0.0509 e. The molecule has 1 aromatic carbocycles. The molecule has 0 spiro atoms. The van der Waals surface area contributed by atoms with Crippen LogP contribution in [0.3, 0.4) is 0 Å². The average molecular weight is 177 g/mol. The fourth-order valence-electron chi connectivity index (χ4n) is 1.25. The number of aliphatic imine (C=N–C) groups is 1. The van der Waals surface area contributed by atoms with Gasteiger partial charge in [-0.3, -0.25) is 4.99 Å². The molecule has 0 fully saturated rings. The fraction of sp³-hybridized carbons (Fsp3) is 0.300. The van der Waals surface area contributed by atoms with E-state index >= 15 is 0 Å². The minimum atomic E-state index is 0.602. The van der Waals surface area contributed by atoms with Crippen LogP contribution in [-0.2, 0) is 0 Å². The van der Waals surface area contributed by atoms with Crippen molar-refractivity contribution in [2.45, 2.75) is 17.1 Å². The second kappa shape index (κ2) is 3.31. The van der Waals surface area contributed by atoms with Gasteiger partial charge in [0.25, 0.3) is 0 Å². The van der Waals surface area contributed by atoms with Crippen molar-refractivity contribution in [3.8, 4) is 0 Å². The minimum Gasteiger partial charge on any atom is -0.291 e. The summed E-state index contributed by atoms with van der Waals surface area (Å²) in [6.45, 7) is 3.14. The van der Waals surface area contributed by atoms with E-state index in [0.717, 1.165) is 6.54 Å². The minimum absolute atomic E-state index is 0.602. The molecule has 0 radical (unpaired) electrons. The Balaban J connectivity index is 2.41. The van der Waals surface area contributed by atoms with Crippen LogP contribution < -0.4 is 0 Å². The molecule has 1 atom stereocenters. The summed E-state index contributed by atoms with van der Waals surface area (Å²) in [4.78, 5) is 5.70. The summed E-state index contributed by atoms with van der Waals surface area (Å²) in [5.41, 5.74) is 1.26. The van der Waals surface area contributed by atoms with E-state index in [1.165, 1.54) is 10.5 Å². The molecule has 0 bridgehead atoms. The first-order valence-corrected chi connectivity index (χ1v) is 5.00. The number of fused-ring (bicyclic) bond motifs is 1. The highest BCUT2D eigenvalue weighted by Crippen LogP contribution is 2.27. The lowest BCUT2D eigenvalue weighted by atomic mass is 10.2. The second-order valence-corrected chi connectivity index (χ2v) is 4.44. The first-order valence-electron chi connectivity index (χ1n) is 4.12. The number of hydrogen-bond acceptors (Lipinski definition) is 2. The third kappa shape index (κ3) is 1.53. The Bertz CT molecular complexity index is 306. The van der Waals surface area contributed by atoms with Crippen molar-refractivity contribution in [2.75, 3.05) is 6.54 Å². The van der Waals surface area contributed by atoms with Crippen LogP contribution in [-0.4, -0.2) is 18.0 Å². The van der Waals surface area contributed by atoms with Crippen molar-refractivity contribution in [1.29, 1.82) is 0 Å². The van der Waals surface area contributed by atoms with Crippen molar-refractivity contribution in [2.24, 2.45) is 4.99 Å². The Kier molecular flexibility index (Phi) is 2.17. The molecule has 1 nitrogen and oxygen atoms in total. The Morgan fingerprint density at radius 3 is 3.17 bits per heavy atom. The first-order chi connectivity index (χ1) is 5.86. The van der Waals surface area contributed by atoms with Gasteiger partial charge in [-0.2, -0.15) is 0 Å². The average Bonchev–Trinajstić information content (AvgIpc) is 2.25. The predicted octanol–water partition coefficient (Wildman–Crippen LogP) is 2.60. The van der Waals surface area contributed by atoms with Crippen LogP contribution in [0.5, 0.6) is 0 Å². The van der Waals surface area contributed by atoms with E-state index in [1.807, 2.05) is 18.0 Å². The Labute approximate surface area is 76.9 Å². The summed E-state index contributed by atoms with van der Waals surface area (Å²) < 4.78 is 0. The molecular weight excluding hydrogens is 166 g/mol. The van der Waals surface area contributed by atoms with Gasteiger partial charge in [-0.25, -0.2) is 0 Å². The Hall–Kier alpha value is -0.760. The number of thioether (sulfide) groups is 1. The lowest BCUT2D eigenvalue weighted by molar-refractivity contribution is 0.961. The maximum atomic E-state index is 4.35. The highest BCUT2D eigenvalue weighted by atomic mass is 32.2. The quantitative estimate of drug-likeness (QED) is 0.593. The zero-order valence-electron chi connectivity index (χ0n) is 7.03. The van der Waals surface area contributed by atoms with Gasteiger partial charge < -0.3 is 0 Å². The zero-order valence-corrected chi connectivity index (χ0v) is 7.84. The molecule has 12 heavy (non-hydrogen) atoms. The number of benzene rings is 1. The van der Waals surface area contributed by atoms with Gasteiger partial charge in [0.2, 0.25) is 0 Å². The van der Waals surface area contributed by atoms with Gasteiger partial charge in [0, 0.05) is 21.9 Å². The number of rotatable bonds is 0. The van der Waals surface area contributed by atoms with Crippen LogP contribution in [0.4, 0.5) is 0 Å². The highest BCUT2D eigenvalue weighted by Gasteiger charge is 2.09. The maximum absolute atomic E-state index is 4.35. The molecular formula is C10H11NS. The topological polar surface area (TPSA) is 12.4 Å². The SMILES string of the molecule is CC1CN=Cc2ccccc2S1. The third-order valence-electron chi connectivity index (χ3n) is 1.84. The van der Waals surface area contributed by atoms with Crippen molar-refractivity contribution >= 4 is 18.0 Å². The number of nitrogens with zero attached hydrogens (tertiary/aromatic N) is 1. The van der Waals surface area contributed by atoms with E-state index in [0.29, 0.717) is 5.25 Å². The molecule has 0 aromatic heterocycles. The molecule has 62 valence electrons. The van der Waals surface area contributed by atoms with Crippen molar-refractivity contribution in [1.82, 2.24) is 0 Å².